The number of ketones is 1. The van der Waals surface area contributed by atoms with Crippen molar-refractivity contribution in [3.8, 4) is 5.75 Å². The Morgan fingerprint density at radius 1 is 1.13 bits per heavy atom. The number of carbonyl (C=O) groups is 2. The summed E-state index contributed by atoms with van der Waals surface area (Å²) < 4.78 is 43.4. The highest BCUT2D eigenvalue weighted by Crippen LogP contribution is 2.27. The second-order valence-corrected chi connectivity index (χ2v) is 8.88. The Hall–Kier alpha value is -3.17. The van der Waals surface area contributed by atoms with Gasteiger partial charge in [-0.2, -0.15) is 0 Å². The number of esters is 1. The first-order valence-corrected chi connectivity index (χ1v) is 11.0. The van der Waals surface area contributed by atoms with Crippen molar-refractivity contribution in [2.45, 2.75) is 31.7 Å². The Labute approximate surface area is 180 Å². The number of ether oxygens (including phenoxy) is 2. The molecule has 0 aliphatic carbocycles. The number of aryl methyl sites for hydroxylation is 1. The number of hydrogen-bond acceptors (Lipinski definition) is 7. The highest BCUT2D eigenvalue weighted by molar-refractivity contribution is 7.89. The van der Waals surface area contributed by atoms with E-state index in [4.69, 9.17) is 13.9 Å². The van der Waals surface area contributed by atoms with E-state index in [-0.39, 0.29) is 28.0 Å². The Balaban J connectivity index is 1.79. The van der Waals surface area contributed by atoms with Crippen molar-refractivity contribution in [1.82, 2.24) is 4.72 Å². The van der Waals surface area contributed by atoms with Crippen LogP contribution < -0.4 is 9.46 Å². The molecule has 0 saturated carbocycles. The molecule has 0 unspecified atom stereocenters. The van der Waals surface area contributed by atoms with E-state index in [1.165, 1.54) is 19.2 Å². The number of nitrogens with one attached hydrogen (secondary N) is 1. The number of para-hydroxylation sites is 1. The van der Waals surface area contributed by atoms with Crippen LogP contribution in [0, 0.1) is 6.92 Å². The molecule has 0 amide bonds. The Morgan fingerprint density at radius 2 is 1.84 bits per heavy atom. The molecule has 1 N–H and O–H groups in total. The maximum Gasteiger partial charge on any atom is 0.338 e. The maximum atomic E-state index is 12.6. The highest BCUT2D eigenvalue weighted by Gasteiger charge is 2.24. The first kappa shape index (κ1) is 22.5. The van der Waals surface area contributed by atoms with Crippen molar-refractivity contribution >= 4 is 32.7 Å². The number of methoxy groups -OCH3 is 1. The van der Waals surface area contributed by atoms with Crippen LogP contribution in [0.4, 0.5) is 0 Å². The van der Waals surface area contributed by atoms with Crippen molar-refractivity contribution in [2.24, 2.45) is 0 Å². The van der Waals surface area contributed by atoms with Crippen molar-refractivity contribution < 1.29 is 31.9 Å². The van der Waals surface area contributed by atoms with Crippen molar-refractivity contribution in [2.75, 3.05) is 13.7 Å². The molecule has 9 heteroatoms. The average molecular weight is 445 g/mol. The minimum absolute atomic E-state index is 0.0286. The van der Waals surface area contributed by atoms with Crippen LogP contribution in [0.1, 0.15) is 40.3 Å². The first-order chi connectivity index (χ1) is 14.6. The molecule has 31 heavy (non-hydrogen) atoms. The summed E-state index contributed by atoms with van der Waals surface area (Å²) >= 11 is 0. The summed E-state index contributed by atoms with van der Waals surface area (Å²) in [7, 11) is -2.59. The summed E-state index contributed by atoms with van der Waals surface area (Å²) in [5.74, 6) is -1.14. The molecule has 164 valence electrons. The number of rotatable bonds is 8. The van der Waals surface area contributed by atoms with Crippen LogP contribution >= 0.6 is 0 Å². The van der Waals surface area contributed by atoms with E-state index in [1.54, 1.807) is 32.9 Å². The lowest BCUT2D eigenvalue weighted by Crippen LogP contribution is -2.30. The summed E-state index contributed by atoms with van der Waals surface area (Å²) in [5.41, 5.74) is 1.20. The van der Waals surface area contributed by atoms with E-state index < -0.39 is 28.4 Å². The topological polar surface area (TPSA) is 112 Å². The van der Waals surface area contributed by atoms with E-state index in [2.05, 4.69) is 4.72 Å². The third kappa shape index (κ3) is 4.78. The molecule has 3 aromatic rings. The maximum absolute atomic E-state index is 12.6. The van der Waals surface area contributed by atoms with Crippen LogP contribution in [0.3, 0.4) is 0 Å². The molecule has 0 spiro atoms. The molecular weight excluding hydrogens is 422 g/mol. The second kappa shape index (κ2) is 8.91. The van der Waals surface area contributed by atoms with E-state index in [0.29, 0.717) is 11.1 Å². The van der Waals surface area contributed by atoms with E-state index in [9.17, 15) is 18.0 Å². The van der Waals surface area contributed by atoms with Crippen LogP contribution in [-0.4, -0.2) is 39.9 Å². The van der Waals surface area contributed by atoms with Gasteiger partial charge >= 0.3 is 5.97 Å². The molecule has 0 aliphatic rings. The third-order valence-electron chi connectivity index (χ3n) is 4.51. The van der Waals surface area contributed by atoms with Gasteiger partial charge in [0.25, 0.3) is 0 Å². The predicted octanol–water partition coefficient (Wildman–Crippen LogP) is 3.48. The van der Waals surface area contributed by atoms with Gasteiger partial charge in [0, 0.05) is 17.0 Å². The number of furan rings is 1. The van der Waals surface area contributed by atoms with Crippen molar-refractivity contribution in [1.29, 1.82) is 0 Å². The normalized spacial score (nSPS) is 11.6. The molecule has 0 atom stereocenters. The zero-order valence-electron chi connectivity index (χ0n) is 17.6. The van der Waals surface area contributed by atoms with Gasteiger partial charge in [-0.05, 0) is 45.0 Å². The van der Waals surface area contributed by atoms with Crippen LogP contribution in [0.15, 0.2) is 51.8 Å². The largest absolute Gasteiger partial charge is 0.495 e. The van der Waals surface area contributed by atoms with E-state index >= 15 is 0 Å². The fourth-order valence-electron chi connectivity index (χ4n) is 3.11. The SMILES string of the molecule is COc1ccc(C(=O)OCC(=O)c2oc3ccccc3c2C)cc1S(=O)(=O)NC(C)C. The summed E-state index contributed by atoms with van der Waals surface area (Å²) in [6.45, 7) is 4.56. The Bertz CT molecular complexity index is 1240. The molecular formula is C22H23NO7S. The van der Waals surface area contributed by atoms with Crippen molar-refractivity contribution in [3.63, 3.8) is 0 Å². The number of carbonyl (C=O) groups excluding carboxylic acids is 2. The molecule has 0 radical (unpaired) electrons. The zero-order valence-corrected chi connectivity index (χ0v) is 18.4. The minimum Gasteiger partial charge on any atom is -0.495 e. The molecule has 3 rings (SSSR count). The minimum atomic E-state index is -3.92. The lowest BCUT2D eigenvalue weighted by Gasteiger charge is -2.14. The van der Waals surface area contributed by atoms with Crippen LogP contribution in [0.5, 0.6) is 5.75 Å². The molecule has 1 aromatic heterocycles. The third-order valence-corrected chi connectivity index (χ3v) is 6.19. The van der Waals surface area contributed by atoms with Gasteiger partial charge in [-0.1, -0.05) is 18.2 Å². The molecule has 0 fully saturated rings. The summed E-state index contributed by atoms with van der Waals surface area (Å²) in [6, 6.07) is 10.7. The summed E-state index contributed by atoms with van der Waals surface area (Å²) in [6.07, 6.45) is 0. The monoisotopic (exact) mass is 445 g/mol. The molecule has 0 aliphatic heterocycles. The fraction of sp³-hybridized carbons (Fsp3) is 0.273. The Morgan fingerprint density at radius 3 is 2.48 bits per heavy atom. The van der Waals surface area contributed by atoms with E-state index in [0.717, 1.165) is 11.5 Å². The second-order valence-electron chi connectivity index (χ2n) is 7.19. The standard InChI is InChI=1S/C22H23NO7S/c1-13(2)23-31(26,27)20-11-15(9-10-19(20)28-4)22(25)29-12-17(24)21-14(3)16-7-5-6-8-18(16)30-21/h5-11,13,23H,12H2,1-4H3. The summed E-state index contributed by atoms with van der Waals surface area (Å²) in [4.78, 5) is 24.8. The highest BCUT2D eigenvalue weighted by atomic mass is 32.2. The smallest absolute Gasteiger partial charge is 0.338 e. The number of Topliss-reactive ketones (excluding diaryl/α,β-unsaturated/α-hetero) is 1. The lowest BCUT2D eigenvalue weighted by molar-refractivity contribution is 0.0467. The number of hydrogen-bond donors (Lipinski definition) is 1. The predicted molar refractivity (Wildman–Crippen MR) is 114 cm³/mol. The van der Waals surface area contributed by atoms with Crippen LogP contribution in [0.25, 0.3) is 11.0 Å². The number of sulfonamides is 1. The van der Waals surface area contributed by atoms with Crippen LogP contribution in [0.2, 0.25) is 0 Å². The van der Waals surface area contributed by atoms with Gasteiger partial charge in [-0.3, -0.25) is 4.79 Å². The Kier molecular flexibility index (Phi) is 6.47. The molecule has 0 saturated heterocycles. The molecule has 2 aromatic carbocycles. The van der Waals surface area contributed by atoms with Gasteiger partial charge in [0.1, 0.15) is 16.2 Å². The van der Waals surface area contributed by atoms with Gasteiger partial charge in [0.05, 0.1) is 12.7 Å². The van der Waals surface area contributed by atoms with Gasteiger partial charge in [-0.15, -0.1) is 0 Å². The van der Waals surface area contributed by atoms with Crippen LogP contribution in [-0.2, 0) is 14.8 Å². The lowest BCUT2D eigenvalue weighted by atomic mass is 10.1. The summed E-state index contributed by atoms with van der Waals surface area (Å²) in [5, 5.41) is 0.805. The zero-order chi connectivity index (χ0) is 22.8. The van der Waals surface area contributed by atoms with Gasteiger partial charge < -0.3 is 13.9 Å². The fourth-order valence-corrected chi connectivity index (χ4v) is 4.55. The van der Waals surface area contributed by atoms with E-state index in [1.807, 2.05) is 12.1 Å². The quantitative estimate of drug-likeness (QED) is 0.417. The van der Waals surface area contributed by atoms with Crippen molar-refractivity contribution in [3.05, 3.63) is 59.4 Å². The number of fused-ring (bicyclic) bond motifs is 1. The molecule has 0 bridgehead atoms. The first-order valence-electron chi connectivity index (χ1n) is 9.53. The molecule has 8 nitrogen and oxygen atoms in total. The van der Waals surface area contributed by atoms with Gasteiger partial charge in [-0.25, -0.2) is 17.9 Å². The van der Waals surface area contributed by atoms with Gasteiger partial charge in [0.2, 0.25) is 15.8 Å². The molecule has 1 heterocycles. The number of benzene rings is 2. The van der Waals surface area contributed by atoms with Gasteiger partial charge in [0.15, 0.2) is 12.4 Å². The average Bonchev–Trinajstić information content (AvgIpc) is 3.07.